The van der Waals surface area contributed by atoms with Gasteiger partial charge >= 0.3 is 0 Å². The molecule has 1 aliphatic carbocycles. The highest BCUT2D eigenvalue weighted by Gasteiger charge is 2.37. The zero-order valence-corrected chi connectivity index (χ0v) is 11.6. The normalized spacial score (nSPS) is 27.2. The molecule has 0 aromatic rings. The van der Waals surface area contributed by atoms with Crippen LogP contribution in [0, 0.1) is 17.3 Å². The average Bonchev–Trinajstić information content (AvgIpc) is 2.26. The zero-order chi connectivity index (χ0) is 13.1. The predicted molar refractivity (Wildman–Crippen MR) is 69.6 cm³/mol. The van der Waals surface area contributed by atoms with Crippen LogP contribution < -0.4 is 5.32 Å². The van der Waals surface area contributed by atoms with Crippen molar-refractivity contribution in [1.82, 2.24) is 5.32 Å². The summed E-state index contributed by atoms with van der Waals surface area (Å²) in [5.41, 5.74) is 0.116. The van der Waals surface area contributed by atoms with E-state index in [1.54, 1.807) is 0 Å². The smallest absolute Gasteiger partial charge is 0.223 e. The number of hydrogen-bond acceptors (Lipinski definition) is 2. The van der Waals surface area contributed by atoms with E-state index < -0.39 is 0 Å². The second-order valence-electron chi connectivity index (χ2n) is 6.24. The zero-order valence-electron chi connectivity index (χ0n) is 11.6. The van der Waals surface area contributed by atoms with Crippen LogP contribution in [0.5, 0.6) is 0 Å². The molecule has 0 saturated heterocycles. The number of carbonyl (C=O) groups excluding carboxylic acids is 1. The van der Waals surface area contributed by atoms with Gasteiger partial charge in [-0.25, -0.2) is 0 Å². The molecule has 0 bridgehead atoms. The monoisotopic (exact) mass is 241 g/mol. The Morgan fingerprint density at radius 3 is 2.59 bits per heavy atom. The highest BCUT2D eigenvalue weighted by molar-refractivity contribution is 5.79. The molecule has 0 aromatic carbocycles. The Hall–Kier alpha value is -0.570. The second-order valence-corrected chi connectivity index (χ2v) is 6.24. The topological polar surface area (TPSA) is 49.3 Å². The van der Waals surface area contributed by atoms with Crippen LogP contribution in [0.1, 0.15) is 53.4 Å². The van der Waals surface area contributed by atoms with E-state index in [2.05, 4.69) is 19.2 Å². The minimum absolute atomic E-state index is 0.0465. The fraction of sp³-hybridized carbons (Fsp3) is 0.929. The van der Waals surface area contributed by atoms with Crippen molar-refractivity contribution < 1.29 is 9.90 Å². The van der Waals surface area contributed by atoms with Crippen molar-refractivity contribution >= 4 is 5.91 Å². The largest absolute Gasteiger partial charge is 0.396 e. The van der Waals surface area contributed by atoms with Gasteiger partial charge in [-0.3, -0.25) is 4.79 Å². The molecule has 100 valence electrons. The van der Waals surface area contributed by atoms with Gasteiger partial charge in [0.15, 0.2) is 0 Å². The fourth-order valence-electron chi connectivity index (χ4n) is 2.61. The third kappa shape index (κ3) is 3.70. The van der Waals surface area contributed by atoms with Gasteiger partial charge in [0, 0.05) is 18.6 Å². The van der Waals surface area contributed by atoms with Crippen molar-refractivity contribution in [3.8, 4) is 0 Å². The first kappa shape index (κ1) is 14.5. The van der Waals surface area contributed by atoms with Crippen LogP contribution in [-0.2, 0) is 4.79 Å². The van der Waals surface area contributed by atoms with E-state index in [1.807, 2.05) is 13.8 Å². The van der Waals surface area contributed by atoms with Crippen LogP contribution in [-0.4, -0.2) is 23.7 Å². The maximum atomic E-state index is 12.3. The lowest BCUT2D eigenvalue weighted by atomic mass is 9.68. The lowest BCUT2D eigenvalue weighted by Gasteiger charge is -2.38. The molecule has 3 atom stereocenters. The number of hydrogen-bond donors (Lipinski definition) is 2. The third-order valence-corrected chi connectivity index (χ3v) is 4.34. The molecular formula is C14H27NO2. The summed E-state index contributed by atoms with van der Waals surface area (Å²) in [6.45, 7) is 8.42. The molecule has 3 heteroatoms. The quantitative estimate of drug-likeness (QED) is 0.793. The lowest BCUT2D eigenvalue weighted by molar-refractivity contribution is -0.131. The first-order chi connectivity index (χ1) is 7.88. The van der Waals surface area contributed by atoms with Crippen LogP contribution in [0.4, 0.5) is 0 Å². The van der Waals surface area contributed by atoms with E-state index in [0.29, 0.717) is 0 Å². The van der Waals surface area contributed by atoms with E-state index in [-0.39, 0.29) is 35.8 Å². The number of carbonyl (C=O) groups is 1. The summed E-state index contributed by atoms with van der Waals surface area (Å²) in [4.78, 5) is 12.3. The summed E-state index contributed by atoms with van der Waals surface area (Å²) < 4.78 is 0. The number of rotatable bonds is 4. The van der Waals surface area contributed by atoms with Crippen LogP contribution in [0.25, 0.3) is 0 Å². The second kappa shape index (κ2) is 5.85. The van der Waals surface area contributed by atoms with Crippen molar-refractivity contribution in [2.24, 2.45) is 17.3 Å². The number of aliphatic hydroxyl groups is 1. The molecule has 0 radical (unpaired) electrons. The summed E-state index contributed by atoms with van der Waals surface area (Å²) >= 11 is 0. The molecule has 3 nitrogen and oxygen atoms in total. The Kier molecular flexibility index (Phi) is 4.99. The summed E-state index contributed by atoms with van der Waals surface area (Å²) in [5, 5.41) is 12.1. The first-order valence-electron chi connectivity index (χ1n) is 6.79. The molecule has 0 aliphatic heterocycles. The minimum atomic E-state index is 0.0465. The molecule has 1 aliphatic rings. The number of amides is 1. The molecule has 1 saturated carbocycles. The molecular weight excluding hydrogens is 214 g/mol. The molecule has 0 heterocycles. The van der Waals surface area contributed by atoms with Gasteiger partial charge in [0.1, 0.15) is 0 Å². The Morgan fingerprint density at radius 1 is 1.41 bits per heavy atom. The average molecular weight is 241 g/mol. The summed E-state index contributed by atoms with van der Waals surface area (Å²) in [7, 11) is 0. The van der Waals surface area contributed by atoms with E-state index in [0.717, 1.165) is 19.3 Å². The van der Waals surface area contributed by atoms with Gasteiger partial charge in [-0.2, -0.15) is 0 Å². The Morgan fingerprint density at radius 2 is 2.06 bits per heavy atom. The van der Waals surface area contributed by atoms with Gasteiger partial charge in [0.25, 0.3) is 0 Å². The molecule has 0 aromatic heterocycles. The van der Waals surface area contributed by atoms with Gasteiger partial charge in [-0.1, -0.05) is 33.6 Å². The maximum absolute atomic E-state index is 12.3. The summed E-state index contributed by atoms with van der Waals surface area (Å²) in [6, 6.07) is 0.0465. The predicted octanol–water partition coefficient (Wildman–Crippen LogP) is 2.34. The molecule has 3 unspecified atom stereocenters. The van der Waals surface area contributed by atoms with Gasteiger partial charge in [0.05, 0.1) is 0 Å². The van der Waals surface area contributed by atoms with Gasteiger partial charge < -0.3 is 10.4 Å². The highest BCUT2D eigenvalue weighted by Crippen LogP contribution is 2.40. The summed E-state index contributed by atoms with van der Waals surface area (Å²) in [5.74, 6) is 0.415. The van der Waals surface area contributed by atoms with Crippen molar-refractivity contribution in [3.05, 3.63) is 0 Å². The lowest BCUT2D eigenvalue weighted by Crippen LogP contribution is -2.46. The standard InChI is InChI=1S/C14H27NO2/c1-10(9-16)11(2)15-13(17)12-7-5-6-8-14(12,3)4/h10-12,16H,5-9H2,1-4H3,(H,15,17). The van der Waals surface area contributed by atoms with Crippen LogP contribution in [0.3, 0.4) is 0 Å². The summed E-state index contributed by atoms with van der Waals surface area (Å²) in [6.07, 6.45) is 4.53. The van der Waals surface area contributed by atoms with E-state index in [4.69, 9.17) is 5.11 Å². The molecule has 1 fully saturated rings. The third-order valence-electron chi connectivity index (χ3n) is 4.34. The van der Waals surface area contributed by atoms with Crippen LogP contribution >= 0.6 is 0 Å². The molecule has 2 N–H and O–H groups in total. The van der Waals surface area contributed by atoms with Gasteiger partial charge in [-0.05, 0) is 31.1 Å². The first-order valence-corrected chi connectivity index (χ1v) is 6.79. The van der Waals surface area contributed by atoms with Crippen LogP contribution in [0.15, 0.2) is 0 Å². The Bertz CT molecular complexity index is 263. The Labute approximate surface area is 105 Å². The fourth-order valence-corrected chi connectivity index (χ4v) is 2.61. The number of aliphatic hydroxyl groups excluding tert-OH is 1. The van der Waals surface area contributed by atoms with Gasteiger partial charge in [0.2, 0.25) is 5.91 Å². The molecule has 1 rings (SSSR count). The van der Waals surface area contributed by atoms with Crippen LogP contribution in [0.2, 0.25) is 0 Å². The van der Waals surface area contributed by atoms with E-state index in [1.165, 1.54) is 6.42 Å². The molecule has 17 heavy (non-hydrogen) atoms. The van der Waals surface area contributed by atoms with Crippen molar-refractivity contribution in [3.63, 3.8) is 0 Å². The Balaban J connectivity index is 2.57. The minimum Gasteiger partial charge on any atom is -0.396 e. The molecule has 0 spiro atoms. The number of nitrogens with one attached hydrogen (secondary N) is 1. The van der Waals surface area contributed by atoms with E-state index >= 15 is 0 Å². The maximum Gasteiger partial charge on any atom is 0.223 e. The van der Waals surface area contributed by atoms with Crippen molar-refractivity contribution in [2.75, 3.05) is 6.61 Å². The molecule has 1 amide bonds. The van der Waals surface area contributed by atoms with Crippen molar-refractivity contribution in [2.45, 2.75) is 59.4 Å². The van der Waals surface area contributed by atoms with E-state index in [9.17, 15) is 4.79 Å². The highest BCUT2D eigenvalue weighted by atomic mass is 16.3. The van der Waals surface area contributed by atoms with Crippen molar-refractivity contribution in [1.29, 1.82) is 0 Å². The SMILES string of the molecule is CC(CO)C(C)NC(=O)C1CCCCC1(C)C. The van der Waals surface area contributed by atoms with Gasteiger partial charge in [-0.15, -0.1) is 0 Å².